The van der Waals surface area contributed by atoms with Gasteiger partial charge in [0.2, 0.25) is 0 Å². The van der Waals surface area contributed by atoms with Crippen molar-refractivity contribution in [1.29, 1.82) is 0 Å². The van der Waals surface area contributed by atoms with Crippen LogP contribution in [0.1, 0.15) is 172 Å². The van der Waals surface area contributed by atoms with E-state index in [1.807, 2.05) is 0 Å². The Balaban J connectivity index is 1.08. The lowest BCUT2D eigenvalue weighted by Crippen LogP contribution is -2.26. The molecule has 3 aliphatic rings. The van der Waals surface area contributed by atoms with Crippen LogP contribution in [0.15, 0.2) is 24.3 Å². The third-order valence-corrected chi connectivity index (χ3v) is 11.3. The Morgan fingerprint density at radius 1 is 0.486 bits per heavy atom. The molecule has 0 bridgehead atoms. The summed E-state index contributed by atoms with van der Waals surface area (Å²) in [5, 5.41) is 0. The van der Waals surface area contributed by atoms with E-state index in [9.17, 15) is 0 Å². The lowest BCUT2D eigenvalue weighted by atomic mass is 9.68. The van der Waals surface area contributed by atoms with Crippen LogP contribution < -0.4 is 0 Å². The summed E-state index contributed by atoms with van der Waals surface area (Å²) in [5.74, 6) is 6.07. The molecule has 0 radical (unpaired) electrons. The number of unbranched alkanes of at least 4 members (excludes halogenated alkanes) is 5. The molecular formula is C37H62. The summed E-state index contributed by atoms with van der Waals surface area (Å²) in [6, 6.07) is 9.95. The molecule has 0 atom stereocenters. The lowest BCUT2D eigenvalue weighted by molar-refractivity contribution is 0.140. The summed E-state index contributed by atoms with van der Waals surface area (Å²) in [5.41, 5.74) is 3.23. The van der Waals surface area contributed by atoms with Crippen LogP contribution in [0.2, 0.25) is 0 Å². The topological polar surface area (TPSA) is 0 Å². The van der Waals surface area contributed by atoms with Gasteiger partial charge in [-0.05, 0) is 111 Å². The van der Waals surface area contributed by atoms with Gasteiger partial charge in [-0.1, -0.05) is 122 Å². The molecule has 0 saturated heterocycles. The van der Waals surface area contributed by atoms with Crippen molar-refractivity contribution in [3.63, 3.8) is 0 Å². The lowest BCUT2D eigenvalue weighted by Gasteiger charge is -2.38. The van der Waals surface area contributed by atoms with Crippen LogP contribution in [0.25, 0.3) is 0 Å². The van der Waals surface area contributed by atoms with Crippen LogP contribution in [0.3, 0.4) is 0 Å². The maximum absolute atomic E-state index is 2.49. The van der Waals surface area contributed by atoms with Crippen molar-refractivity contribution in [2.45, 2.75) is 167 Å². The van der Waals surface area contributed by atoms with E-state index >= 15 is 0 Å². The minimum atomic E-state index is 0.836. The van der Waals surface area contributed by atoms with E-state index in [-0.39, 0.29) is 0 Å². The summed E-state index contributed by atoms with van der Waals surface area (Å²) in [6.07, 6.45) is 33.9. The number of hydrogen-bond donors (Lipinski definition) is 0. The van der Waals surface area contributed by atoms with Gasteiger partial charge in [-0.15, -0.1) is 0 Å². The van der Waals surface area contributed by atoms with Crippen molar-refractivity contribution in [3.8, 4) is 0 Å². The third kappa shape index (κ3) is 9.72. The monoisotopic (exact) mass is 506 g/mol. The smallest absolute Gasteiger partial charge is 0.0162 e. The van der Waals surface area contributed by atoms with Crippen molar-refractivity contribution in [2.24, 2.45) is 29.6 Å². The first-order valence-electron chi connectivity index (χ1n) is 17.3. The molecule has 210 valence electrons. The number of benzene rings is 1. The average Bonchev–Trinajstić information content (AvgIpc) is 2.96. The molecule has 0 spiro atoms. The highest BCUT2D eigenvalue weighted by Crippen LogP contribution is 2.43. The van der Waals surface area contributed by atoms with Crippen molar-refractivity contribution in [2.75, 3.05) is 0 Å². The minimum Gasteiger partial charge on any atom is -0.0654 e. The molecule has 0 N–H and O–H groups in total. The Hall–Kier alpha value is -0.780. The standard InChI is InChI=1S/C37H62/c1-3-5-7-9-11-31-16-24-35(25-17-31)37-28-20-33(21-29-37)13-12-32-18-26-36(27-19-32)34-22-14-30(15-23-34)10-8-6-4-2/h18-19,26-27,30-31,33-35,37H,3-17,20-25,28-29H2,1-2H3. The number of aryl methyl sites for hydroxylation is 1. The largest absolute Gasteiger partial charge is 0.0654 e. The van der Waals surface area contributed by atoms with Gasteiger partial charge in [0.15, 0.2) is 0 Å². The first kappa shape index (κ1) is 29.2. The summed E-state index contributed by atoms with van der Waals surface area (Å²) in [6.45, 7) is 4.66. The number of rotatable bonds is 14. The molecule has 0 amide bonds. The van der Waals surface area contributed by atoms with E-state index in [0.717, 1.165) is 35.5 Å². The highest BCUT2D eigenvalue weighted by molar-refractivity contribution is 5.26. The molecule has 0 nitrogen and oxygen atoms in total. The SMILES string of the molecule is CCCCCCC1CCC(C2CCC(CCc3ccc(C4CCC(CCCCC)CC4)cc3)CC2)CC1. The summed E-state index contributed by atoms with van der Waals surface area (Å²) < 4.78 is 0. The fourth-order valence-corrected chi connectivity index (χ4v) is 8.55. The molecule has 4 rings (SSSR count). The summed E-state index contributed by atoms with van der Waals surface area (Å²) >= 11 is 0. The Labute approximate surface area is 232 Å². The van der Waals surface area contributed by atoms with Crippen LogP contribution in [0.4, 0.5) is 0 Å². The van der Waals surface area contributed by atoms with E-state index in [1.165, 1.54) is 122 Å². The van der Waals surface area contributed by atoms with Crippen LogP contribution in [0, 0.1) is 29.6 Å². The first-order chi connectivity index (χ1) is 18.2. The Morgan fingerprint density at radius 3 is 1.49 bits per heavy atom. The quantitative estimate of drug-likeness (QED) is 0.220. The van der Waals surface area contributed by atoms with Gasteiger partial charge in [0, 0.05) is 0 Å². The molecule has 3 aliphatic carbocycles. The second-order valence-electron chi connectivity index (χ2n) is 13.9. The highest BCUT2D eigenvalue weighted by atomic mass is 14.4. The second-order valence-corrected chi connectivity index (χ2v) is 13.9. The molecule has 0 unspecified atom stereocenters. The third-order valence-electron chi connectivity index (χ3n) is 11.3. The maximum atomic E-state index is 2.49. The predicted octanol–water partition coefficient (Wildman–Crippen LogP) is 12.1. The van der Waals surface area contributed by atoms with Crippen molar-refractivity contribution in [1.82, 2.24) is 0 Å². The van der Waals surface area contributed by atoms with Gasteiger partial charge in [-0.25, -0.2) is 0 Å². The van der Waals surface area contributed by atoms with Crippen molar-refractivity contribution < 1.29 is 0 Å². The van der Waals surface area contributed by atoms with E-state index in [1.54, 1.807) is 36.8 Å². The first-order valence-corrected chi connectivity index (χ1v) is 17.3. The molecule has 1 aromatic carbocycles. The van der Waals surface area contributed by atoms with Gasteiger partial charge in [-0.2, -0.15) is 0 Å². The molecular weight excluding hydrogens is 444 g/mol. The van der Waals surface area contributed by atoms with Gasteiger partial charge in [0.05, 0.1) is 0 Å². The van der Waals surface area contributed by atoms with Crippen molar-refractivity contribution >= 4 is 0 Å². The predicted molar refractivity (Wildman–Crippen MR) is 163 cm³/mol. The zero-order valence-corrected chi connectivity index (χ0v) is 25.0. The molecule has 3 saturated carbocycles. The molecule has 0 heterocycles. The normalized spacial score (nSPS) is 30.9. The van der Waals surface area contributed by atoms with E-state index in [4.69, 9.17) is 0 Å². The van der Waals surface area contributed by atoms with Crippen LogP contribution >= 0.6 is 0 Å². The Bertz CT molecular complexity index is 692. The highest BCUT2D eigenvalue weighted by Gasteiger charge is 2.30. The number of hydrogen-bond acceptors (Lipinski definition) is 0. The fourth-order valence-electron chi connectivity index (χ4n) is 8.55. The fraction of sp³-hybridized carbons (Fsp3) is 0.838. The Kier molecular flexibility index (Phi) is 12.9. The van der Waals surface area contributed by atoms with Crippen LogP contribution in [0.5, 0.6) is 0 Å². The maximum Gasteiger partial charge on any atom is -0.0162 e. The van der Waals surface area contributed by atoms with E-state index in [0.29, 0.717) is 0 Å². The minimum absolute atomic E-state index is 0.836. The van der Waals surface area contributed by atoms with Gasteiger partial charge >= 0.3 is 0 Å². The molecule has 37 heavy (non-hydrogen) atoms. The second kappa shape index (κ2) is 16.4. The van der Waals surface area contributed by atoms with Crippen molar-refractivity contribution in [3.05, 3.63) is 35.4 Å². The van der Waals surface area contributed by atoms with Crippen LogP contribution in [-0.4, -0.2) is 0 Å². The van der Waals surface area contributed by atoms with Gasteiger partial charge in [0.1, 0.15) is 0 Å². The van der Waals surface area contributed by atoms with Gasteiger partial charge in [0.25, 0.3) is 0 Å². The van der Waals surface area contributed by atoms with E-state index in [2.05, 4.69) is 38.1 Å². The molecule has 0 aromatic heterocycles. The molecule has 0 aliphatic heterocycles. The van der Waals surface area contributed by atoms with Gasteiger partial charge in [-0.3, -0.25) is 0 Å². The van der Waals surface area contributed by atoms with Gasteiger partial charge < -0.3 is 0 Å². The average molecular weight is 507 g/mol. The Morgan fingerprint density at radius 2 is 0.946 bits per heavy atom. The zero-order chi connectivity index (χ0) is 25.7. The van der Waals surface area contributed by atoms with Crippen LogP contribution in [-0.2, 0) is 6.42 Å². The molecule has 1 aromatic rings. The zero-order valence-electron chi connectivity index (χ0n) is 25.0. The molecule has 3 fully saturated rings. The molecule has 0 heteroatoms. The van der Waals surface area contributed by atoms with E-state index < -0.39 is 0 Å². The summed E-state index contributed by atoms with van der Waals surface area (Å²) in [4.78, 5) is 0. The summed E-state index contributed by atoms with van der Waals surface area (Å²) in [7, 11) is 0.